The van der Waals surface area contributed by atoms with Crippen LogP contribution in [0.15, 0.2) is 24.3 Å². The van der Waals surface area contributed by atoms with Crippen LogP contribution in [0.2, 0.25) is 0 Å². The number of hydrogen-bond donors (Lipinski definition) is 1. The van der Waals surface area contributed by atoms with Crippen LogP contribution in [0.1, 0.15) is 18.4 Å². The van der Waals surface area contributed by atoms with Crippen molar-refractivity contribution in [3.63, 3.8) is 0 Å². The van der Waals surface area contributed by atoms with Gasteiger partial charge in [0.05, 0.1) is 32.4 Å². The molecule has 2 atom stereocenters. The number of urea groups is 1. The van der Waals surface area contributed by atoms with Gasteiger partial charge in [0.25, 0.3) is 0 Å². The van der Waals surface area contributed by atoms with Crippen molar-refractivity contribution in [1.29, 1.82) is 0 Å². The van der Waals surface area contributed by atoms with Crippen LogP contribution in [-0.2, 0) is 11.3 Å². The Morgan fingerprint density at radius 1 is 1.30 bits per heavy atom. The summed E-state index contributed by atoms with van der Waals surface area (Å²) in [5, 5.41) is 3.00. The van der Waals surface area contributed by atoms with Crippen LogP contribution in [0.3, 0.4) is 0 Å². The number of fused-ring (bicyclic) bond motifs is 2. The Kier molecular flexibility index (Phi) is 3.78. The number of morpholine rings is 1. The number of hydrogen-bond acceptors (Lipinski definition) is 3. The molecule has 2 aliphatic heterocycles. The molecule has 20 heavy (non-hydrogen) atoms. The predicted molar refractivity (Wildman–Crippen MR) is 74.7 cm³/mol. The molecule has 0 saturated carbocycles. The number of methoxy groups -OCH3 is 1. The topological polar surface area (TPSA) is 50.8 Å². The zero-order valence-electron chi connectivity index (χ0n) is 11.7. The number of nitrogens with one attached hydrogen (secondary N) is 1. The number of rotatable bonds is 3. The van der Waals surface area contributed by atoms with Crippen LogP contribution in [0.5, 0.6) is 5.75 Å². The first-order valence-electron chi connectivity index (χ1n) is 7.05. The van der Waals surface area contributed by atoms with Gasteiger partial charge in [-0.1, -0.05) is 12.1 Å². The molecule has 5 nitrogen and oxygen atoms in total. The Bertz CT molecular complexity index is 459. The molecule has 108 valence electrons. The van der Waals surface area contributed by atoms with Gasteiger partial charge in [-0.15, -0.1) is 0 Å². The minimum atomic E-state index is 0.0246. The molecule has 0 unspecified atom stereocenters. The van der Waals surface area contributed by atoms with Crippen molar-refractivity contribution in [3.05, 3.63) is 29.8 Å². The van der Waals surface area contributed by atoms with Crippen molar-refractivity contribution in [1.82, 2.24) is 10.2 Å². The monoisotopic (exact) mass is 276 g/mol. The van der Waals surface area contributed by atoms with Gasteiger partial charge in [-0.2, -0.15) is 0 Å². The van der Waals surface area contributed by atoms with E-state index in [2.05, 4.69) is 5.32 Å². The van der Waals surface area contributed by atoms with Crippen molar-refractivity contribution in [2.24, 2.45) is 0 Å². The Balaban J connectivity index is 1.56. The molecule has 5 heteroatoms. The number of nitrogens with zero attached hydrogens (tertiary/aromatic N) is 1. The fourth-order valence-electron chi connectivity index (χ4n) is 2.97. The molecule has 3 rings (SSSR count). The van der Waals surface area contributed by atoms with Crippen molar-refractivity contribution in [3.8, 4) is 5.75 Å². The smallest absolute Gasteiger partial charge is 0.318 e. The Hall–Kier alpha value is -1.75. The maximum Gasteiger partial charge on any atom is 0.318 e. The fraction of sp³-hybridized carbons (Fsp3) is 0.533. The highest BCUT2D eigenvalue weighted by atomic mass is 16.5. The second kappa shape index (κ2) is 5.71. The normalized spacial score (nSPS) is 24.6. The first-order chi connectivity index (χ1) is 9.78. The first-order valence-corrected chi connectivity index (χ1v) is 7.05. The predicted octanol–water partition coefficient (Wildman–Crippen LogP) is 1.77. The number of carbonyl (C=O) groups excluding carboxylic acids is 1. The molecule has 2 fully saturated rings. The minimum Gasteiger partial charge on any atom is -0.497 e. The van der Waals surface area contributed by atoms with Gasteiger partial charge in [0.1, 0.15) is 5.75 Å². The Morgan fingerprint density at radius 3 is 2.55 bits per heavy atom. The minimum absolute atomic E-state index is 0.0246. The molecular formula is C15H20N2O3. The van der Waals surface area contributed by atoms with E-state index in [0.29, 0.717) is 19.8 Å². The van der Waals surface area contributed by atoms with Gasteiger partial charge in [0.2, 0.25) is 0 Å². The molecule has 2 heterocycles. The lowest BCUT2D eigenvalue weighted by molar-refractivity contribution is 0.00631. The molecule has 2 bridgehead atoms. The molecule has 2 saturated heterocycles. The highest BCUT2D eigenvalue weighted by Gasteiger charge is 2.40. The molecular weight excluding hydrogens is 256 g/mol. The first kappa shape index (κ1) is 13.2. The third-order valence-electron chi connectivity index (χ3n) is 4.08. The molecule has 1 aromatic carbocycles. The SMILES string of the molecule is COc1ccc(CNC(=O)N2[C@@H]3CC[C@H]2COC3)cc1. The van der Waals surface area contributed by atoms with Crippen molar-refractivity contribution < 1.29 is 14.3 Å². The molecule has 1 aromatic rings. The zero-order chi connectivity index (χ0) is 13.9. The van der Waals surface area contributed by atoms with E-state index >= 15 is 0 Å². The molecule has 0 aromatic heterocycles. The van der Waals surface area contributed by atoms with Gasteiger partial charge in [-0.05, 0) is 30.5 Å². The van der Waals surface area contributed by atoms with E-state index in [1.165, 1.54) is 0 Å². The maximum absolute atomic E-state index is 12.3. The van der Waals surface area contributed by atoms with E-state index in [1.54, 1.807) is 7.11 Å². The van der Waals surface area contributed by atoms with Crippen LogP contribution in [0.4, 0.5) is 4.79 Å². The van der Waals surface area contributed by atoms with Crippen molar-refractivity contribution in [2.75, 3.05) is 20.3 Å². The van der Waals surface area contributed by atoms with Crippen LogP contribution in [0, 0.1) is 0 Å². The Morgan fingerprint density at radius 2 is 1.95 bits per heavy atom. The highest BCUT2D eigenvalue weighted by Crippen LogP contribution is 2.28. The number of amides is 2. The van der Waals surface area contributed by atoms with Crippen LogP contribution in [0.25, 0.3) is 0 Å². The summed E-state index contributed by atoms with van der Waals surface area (Å²) in [5.41, 5.74) is 1.07. The standard InChI is InChI=1S/C15H20N2O3/c1-19-14-6-2-11(3-7-14)8-16-15(18)17-12-4-5-13(17)10-20-9-12/h2-3,6-7,12-13H,4-5,8-10H2,1H3,(H,16,18)/t12-,13+. The molecule has 1 N–H and O–H groups in total. The number of benzene rings is 1. The summed E-state index contributed by atoms with van der Waals surface area (Å²) in [5.74, 6) is 0.825. The van der Waals surface area contributed by atoms with Gasteiger partial charge in [-0.3, -0.25) is 0 Å². The van der Waals surface area contributed by atoms with E-state index in [0.717, 1.165) is 24.2 Å². The molecule has 2 aliphatic rings. The second-order valence-electron chi connectivity index (χ2n) is 5.34. The number of ether oxygens (including phenoxy) is 2. The second-order valence-corrected chi connectivity index (χ2v) is 5.34. The van der Waals surface area contributed by atoms with Crippen molar-refractivity contribution in [2.45, 2.75) is 31.5 Å². The lowest BCUT2D eigenvalue weighted by Crippen LogP contribution is -2.52. The summed E-state index contributed by atoms with van der Waals surface area (Å²) in [7, 11) is 1.64. The Labute approximate surface area is 118 Å². The van der Waals surface area contributed by atoms with Crippen LogP contribution < -0.4 is 10.1 Å². The van der Waals surface area contributed by atoms with E-state index in [-0.39, 0.29) is 18.1 Å². The van der Waals surface area contributed by atoms with Gasteiger partial charge in [0, 0.05) is 6.54 Å². The molecule has 0 aliphatic carbocycles. The largest absolute Gasteiger partial charge is 0.497 e. The van der Waals surface area contributed by atoms with E-state index in [4.69, 9.17) is 9.47 Å². The molecule has 2 amide bonds. The van der Waals surface area contributed by atoms with Gasteiger partial charge in [0.15, 0.2) is 0 Å². The summed E-state index contributed by atoms with van der Waals surface area (Å²) >= 11 is 0. The fourth-order valence-corrected chi connectivity index (χ4v) is 2.97. The lowest BCUT2D eigenvalue weighted by atomic mass is 10.2. The average Bonchev–Trinajstić information content (AvgIpc) is 2.75. The lowest BCUT2D eigenvalue weighted by Gasteiger charge is -2.34. The summed E-state index contributed by atoms with van der Waals surface area (Å²) < 4.78 is 10.6. The van der Waals surface area contributed by atoms with Crippen molar-refractivity contribution >= 4 is 6.03 Å². The van der Waals surface area contributed by atoms with Crippen LogP contribution >= 0.6 is 0 Å². The number of carbonyl (C=O) groups is 1. The third-order valence-corrected chi connectivity index (χ3v) is 4.08. The highest BCUT2D eigenvalue weighted by molar-refractivity contribution is 5.75. The molecule has 0 spiro atoms. The average molecular weight is 276 g/mol. The summed E-state index contributed by atoms with van der Waals surface area (Å²) in [4.78, 5) is 14.3. The molecule has 0 radical (unpaired) electrons. The summed E-state index contributed by atoms with van der Waals surface area (Å²) in [6, 6.07) is 8.27. The van der Waals surface area contributed by atoms with Gasteiger partial charge < -0.3 is 19.7 Å². The maximum atomic E-state index is 12.3. The van der Waals surface area contributed by atoms with Gasteiger partial charge in [-0.25, -0.2) is 4.79 Å². The van der Waals surface area contributed by atoms with E-state index in [1.807, 2.05) is 29.2 Å². The third kappa shape index (κ3) is 2.58. The van der Waals surface area contributed by atoms with E-state index < -0.39 is 0 Å². The summed E-state index contributed by atoms with van der Waals surface area (Å²) in [6.07, 6.45) is 2.11. The summed E-state index contributed by atoms with van der Waals surface area (Å²) in [6.45, 7) is 1.89. The zero-order valence-corrected chi connectivity index (χ0v) is 11.7. The quantitative estimate of drug-likeness (QED) is 0.915. The van der Waals surface area contributed by atoms with Crippen LogP contribution in [-0.4, -0.2) is 43.3 Å². The van der Waals surface area contributed by atoms with E-state index in [9.17, 15) is 4.79 Å². The van der Waals surface area contributed by atoms with Gasteiger partial charge >= 0.3 is 6.03 Å².